The molecule has 1 aliphatic rings. The highest BCUT2D eigenvalue weighted by molar-refractivity contribution is 6.14. The number of nitrogen functional groups attached to an aromatic ring is 1. The Morgan fingerprint density at radius 1 is 1.38 bits per heavy atom. The third-order valence-electron chi connectivity index (χ3n) is 2.81. The maximum atomic E-state index is 12.0. The molecule has 1 aromatic rings. The minimum absolute atomic E-state index is 0.0461. The molecule has 0 saturated carbocycles. The van der Waals surface area contributed by atoms with E-state index in [0.29, 0.717) is 5.69 Å². The predicted octanol–water partition coefficient (Wildman–Crippen LogP) is 2.02. The first-order valence-electron chi connectivity index (χ1n) is 5.38. The molecule has 1 atom stereocenters. The van der Waals surface area contributed by atoms with Gasteiger partial charge in [0.1, 0.15) is 0 Å². The Labute approximate surface area is 94.7 Å². The topological polar surface area (TPSA) is 58.7 Å². The fraction of sp³-hybridized carbons (Fsp3) is 0.333. The number of anilines is 2. The molecule has 1 aliphatic heterocycles. The van der Waals surface area contributed by atoms with Crippen LogP contribution in [-0.4, -0.2) is 11.6 Å². The van der Waals surface area contributed by atoms with Gasteiger partial charge in [-0.15, -0.1) is 0 Å². The summed E-state index contributed by atoms with van der Waals surface area (Å²) in [5, 5.41) is 5.74. The molecule has 1 heterocycles. The van der Waals surface area contributed by atoms with Gasteiger partial charge in [0.2, 0.25) is 0 Å². The molecule has 0 saturated heterocycles. The van der Waals surface area contributed by atoms with Gasteiger partial charge in [0.25, 0.3) is 5.91 Å². The third-order valence-corrected chi connectivity index (χ3v) is 2.81. The van der Waals surface area contributed by atoms with Crippen molar-refractivity contribution in [2.45, 2.75) is 20.3 Å². The molecule has 16 heavy (non-hydrogen) atoms. The van der Waals surface area contributed by atoms with Crippen LogP contribution in [0.2, 0.25) is 0 Å². The van der Waals surface area contributed by atoms with E-state index in [1.807, 2.05) is 26.0 Å². The average Bonchev–Trinajstić information content (AvgIpc) is 2.55. The Kier molecular flexibility index (Phi) is 2.64. The van der Waals surface area contributed by atoms with Crippen LogP contribution in [0, 0.1) is 5.92 Å². The van der Waals surface area contributed by atoms with Crippen molar-refractivity contribution in [1.82, 2.24) is 0 Å². The highest BCUT2D eigenvalue weighted by Gasteiger charge is 2.32. The van der Waals surface area contributed by atoms with Crippen molar-refractivity contribution in [3.63, 3.8) is 0 Å². The van der Waals surface area contributed by atoms with Gasteiger partial charge in [-0.2, -0.15) is 5.10 Å². The maximum absolute atomic E-state index is 12.0. The van der Waals surface area contributed by atoms with Crippen LogP contribution in [0.1, 0.15) is 20.3 Å². The van der Waals surface area contributed by atoms with Crippen molar-refractivity contribution in [1.29, 1.82) is 0 Å². The third kappa shape index (κ3) is 1.66. The van der Waals surface area contributed by atoms with Crippen molar-refractivity contribution < 1.29 is 4.79 Å². The minimum Gasteiger partial charge on any atom is -0.399 e. The fourth-order valence-electron chi connectivity index (χ4n) is 1.87. The molecule has 0 fully saturated rings. The van der Waals surface area contributed by atoms with Gasteiger partial charge in [-0.05, 0) is 37.6 Å². The van der Waals surface area contributed by atoms with Crippen LogP contribution in [0.25, 0.3) is 0 Å². The van der Waals surface area contributed by atoms with E-state index in [4.69, 9.17) is 5.73 Å². The first kappa shape index (κ1) is 10.7. The van der Waals surface area contributed by atoms with E-state index < -0.39 is 0 Å². The standard InChI is InChI=1S/C12H15N3O/c1-3-11-8(2)14-15(12(11)16)10-6-4-9(13)5-7-10/h4-7,11H,3,13H2,1-2H3. The van der Waals surface area contributed by atoms with Crippen LogP contribution in [0.15, 0.2) is 29.4 Å². The SMILES string of the molecule is CCC1C(=O)N(c2ccc(N)cc2)N=C1C. The van der Waals surface area contributed by atoms with Crippen LogP contribution in [-0.2, 0) is 4.79 Å². The summed E-state index contributed by atoms with van der Waals surface area (Å²) in [4.78, 5) is 12.0. The summed E-state index contributed by atoms with van der Waals surface area (Å²) in [5.41, 5.74) is 7.94. The van der Waals surface area contributed by atoms with Crippen molar-refractivity contribution in [2.75, 3.05) is 10.7 Å². The number of benzene rings is 1. The van der Waals surface area contributed by atoms with Crippen molar-refractivity contribution in [3.05, 3.63) is 24.3 Å². The van der Waals surface area contributed by atoms with Gasteiger partial charge >= 0.3 is 0 Å². The number of carbonyl (C=O) groups excluding carboxylic acids is 1. The monoisotopic (exact) mass is 217 g/mol. The smallest absolute Gasteiger partial charge is 0.256 e. The lowest BCUT2D eigenvalue weighted by Gasteiger charge is -2.13. The number of rotatable bonds is 2. The molecule has 0 radical (unpaired) electrons. The molecule has 2 N–H and O–H groups in total. The summed E-state index contributed by atoms with van der Waals surface area (Å²) in [7, 11) is 0. The summed E-state index contributed by atoms with van der Waals surface area (Å²) in [5.74, 6) is -0.0256. The van der Waals surface area contributed by atoms with E-state index in [0.717, 1.165) is 17.8 Å². The number of hydrogen-bond donors (Lipinski definition) is 1. The van der Waals surface area contributed by atoms with Crippen LogP contribution >= 0.6 is 0 Å². The first-order valence-corrected chi connectivity index (χ1v) is 5.38. The molecule has 1 unspecified atom stereocenters. The van der Waals surface area contributed by atoms with E-state index in [2.05, 4.69) is 5.10 Å². The van der Waals surface area contributed by atoms with Gasteiger partial charge in [-0.25, -0.2) is 5.01 Å². The van der Waals surface area contributed by atoms with Gasteiger partial charge < -0.3 is 5.73 Å². The molecule has 84 valence electrons. The molecule has 4 heteroatoms. The number of hydrogen-bond acceptors (Lipinski definition) is 3. The number of carbonyl (C=O) groups is 1. The molecule has 0 aromatic heterocycles. The highest BCUT2D eigenvalue weighted by Crippen LogP contribution is 2.25. The van der Waals surface area contributed by atoms with Crippen molar-refractivity contribution >= 4 is 23.0 Å². The summed E-state index contributed by atoms with van der Waals surface area (Å²) < 4.78 is 0. The quantitative estimate of drug-likeness (QED) is 0.770. The Morgan fingerprint density at radius 3 is 2.50 bits per heavy atom. The van der Waals surface area contributed by atoms with E-state index in [-0.39, 0.29) is 11.8 Å². The van der Waals surface area contributed by atoms with Crippen molar-refractivity contribution in [2.24, 2.45) is 11.0 Å². The van der Waals surface area contributed by atoms with Gasteiger partial charge in [0.15, 0.2) is 0 Å². The van der Waals surface area contributed by atoms with E-state index in [9.17, 15) is 4.79 Å². The molecule has 1 aromatic carbocycles. The Balaban J connectivity index is 2.30. The van der Waals surface area contributed by atoms with Gasteiger partial charge in [0, 0.05) is 11.4 Å². The Hall–Kier alpha value is -1.84. The minimum atomic E-state index is -0.0717. The lowest BCUT2D eigenvalue weighted by atomic mass is 10.0. The summed E-state index contributed by atoms with van der Waals surface area (Å²) in [6.07, 6.45) is 0.791. The molecule has 0 aliphatic carbocycles. The molecular formula is C12H15N3O. The van der Waals surface area contributed by atoms with E-state index in [1.165, 1.54) is 5.01 Å². The zero-order chi connectivity index (χ0) is 11.7. The van der Waals surface area contributed by atoms with Crippen LogP contribution in [0.4, 0.5) is 11.4 Å². The van der Waals surface area contributed by atoms with Crippen molar-refractivity contribution in [3.8, 4) is 0 Å². The zero-order valence-electron chi connectivity index (χ0n) is 9.47. The van der Waals surface area contributed by atoms with Crippen LogP contribution in [0.5, 0.6) is 0 Å². The lowest BCUT2D eigenvalue weighted by molar-refractivity contribution is -0.119. The second-order valence-electron chi connectivity index (χ2n) is 3.94. The van der Waals surface area contributed by atoms with E-state index in [1.54, 1.807) is 12.1 Å². The Morgan fingerprint density at radius 2 is 2.00 bits per heavy atom. The number of amides is 1. The molecule has 0 bridgehead atoms. The second-order valence-corrected chi connectivity index (χ2v) is 3.94. The maximum Gasteiger partial charge on any atom is 0.256 e. The van der Waals surface area contributed by atoms with Crippen LogP contribution < -0.4 is 10.7 Å². The van der Waals surface area contributed by atoms with Gasteiger partial charge in [-0.1, -0.05) is 6.92 Å². The molecule has 4 nitrogen and oxygen atoms in total. The molecular weight excluding hydrogens is 202 g/mol. The zero-order valence-corrected chi connectivity index (χ0v) is 9.47. The number of nitrogens with zero attached hydrogens (tertiary/aromatic N) is 2. The van der Waals surface area contributed by atoms with Crippen LogP contribution in [0.3, 0.4) is 0 Å². The van der Waals surface area contributed by atoms with Gasteiger partial charge in [-0.3, -0.25) is 4.79 Å². The molecule has 2 rings (SSSR count). The van der Waals surface area contributed by atoms with E-state index >= 15 is 0 Å². The second kappa shape index (κ2) is 3.96. The lowest BCUT2D eigenvalue weighted by Crippen LogP contribution is -2.26. The average molecular weight is 217 g/mol. The normalized spacial score (nSPS) is 20.1. The Bertz CT molecular complexity index is 436. The molecule has 0 spiro atoms. The summed E-state index contributed by atoms with van der Waals surface area (Å²) in [6.45, 7) is 3.89. The molecule has 1 amide bonds. The largest absolute Gasteiger partial charge is 0.399 e. The predicted molar refractivity (Wildman–Crippen MR) is 65.2 cm³/mol. The fourth-order valence-corrected chi connectivity index (χ4v) is 1.87. The summed E-state index contributed by atoms with van der Waals surface area (Å²) >= 11 is 0. The highest BCUT2D eigenvalue weighted by atomic mass is 16.2. The first-order chi connectivity index (χ1) is 7.63. The van der Waals surface area contributed by atoms with Gasteiger partial charge in [0.05, 0.1) is 11.6 Å². The number of nitrogens with two attached hydrogens (primary N) is 1. The number of hydrazone groups is 1. The summed E-state index contributed by atoms with van der Waals surface area (Å²) in [6, 6.07) is 7.16.